The van der Waals surface area contributed by atoms with Crippen LogP contribution < -0.4 is 10.1 Å². The van der Waals surface area contributed by atoms with Crippen molar-refractivity contribution < 1.29 is 18.3 Å². The van der Waals surface area contributed by atoms with Crippen LogP contribution in [0.5, 0.6) is 5.75 Å². The number of rotatable bonds is 4. The van der Waals surface area contributed by atoms with Crippen molar-refractivity contribution in [3.63, 3.8) is 0 Å². The summed E-state index contributed by atoms with van der Waals surface area (Å²) in [6.07, 6.45) is 1.97. The van der Waals surface area contributed by atoms with Crippen molar-refractivity contribution in [3.8, 4) is 5.75 Å². The van der Waals surface area contributed by atoms with Crippen LogP contribution in [-0.2, 0) is 4.79 Å². The lowest BCUT2D eigenvalue weighted by Gasteiger charge is -2.32. The first-order chi connectivity index (χ1) is 9.60. The number of nitrogens with one attached hydrogen (secondary N) is 1. The van der Waals surface area contributed by atoms with E-state index in [0.717, 1.165) is 25.0 Å². The van der Waals surface area contributed by atoms with Crippen LogP contribution in [-0.4, -0.2) is 43.6 Å². The van der Waals surface area contributed by atoms with E-state index in [2.05, 4.69) is 5.32 Å². The lowest BCUT2D eigenvalue weighted by atomic mass is 10.1. The Morgan fingerprint density at radius 1 is 1.50 bits per heavy atom. The van der Waals surface area contributed by atoms with Gasteiger partial charge < -0.3 is 15.0 Å². The molecule has 2 rings (SSSR count). The predicted molar refractivity (Wildman–Crippen MR) is 70.5 cm³/mol. The molecule has 6 heteroatoms. The fourth-order valence-electron chi connectivity index (χ4n) is 2.26. The van der Waals surface area contributed by atoms with Crippen LogP contribution in [0.25, 0.3) is 0 Å². The molecule has 1 aromatic rings. The van der Waals surface area contributed by atoms with Crippen LogP contribution in [0.4, 0.5) is 8.78 Å². The molecule has 0 saturated carbocycles. The highest BCUT2D eigenvalue weighted by molar-refractivity contribution is 5.77. The van der Waals surface area contributed by atoms with E-state index >= 15 is 0 Å². The predicted octanol–water partition coefficient (Wildman–Crippen LogP) is 1.55. The van der Waals surface area contributed by atoms with Crippen LogP contribution in [0.2, 0.25) is 0 Å². The molecule has 1 heterocycles. The van der Waals surface area contributed by atoms with E-state index in [-0.39, 0.29) is 24.3 Å². The van der Waals surface area contributed by atoms with E-state index in [1.54, 1.807) is 4.90 Å². The van der Waals surface area contributed by atoms with Gasteiger partial charge in [-0.15, -0.1) is 0 Å². The van der Waals surface area contributed by atoms with Crippen LogP contribution in [0, 0.1) is 11.6 Å². The van der Waals surface area contributed by atoms with E-state index in [0.29, 0.717) is 13.1 Å². The van der Waals surface area contributed by atoms with E-state index in [1.165, 1.54) is 6.07 Å². The average Bonchev–Trinajstić information content (AvgIpc) is 2.46. The minimum atomic E-state index is -0.801. The zero-order valence-corrected chi connectivity index (χ0v) is 11.4. The fourth-order valence-corrected chi connectivity index (χ4v) is 2.26. The number of ether oxygens (including phenoxy) is 1. The second-order valence-corrected chi connectivity index (χ2v) is 4.83. The van der Waals surface area contributed by atoms with Crippen molar-refractivity contribution in [1.29, 1.82) is 0 Å². The van der Waals surface area contributed by atoms with Gasteiger partial charge in [0.2, 0.25) is 0 Å². The molecule has 0 aliphatic carbocycles. The Hall–Kier alpha value is -1.69. The van der Waals surface area contributed by atoms with Gasteiger partial charge in [-0.1, -0.05) is 0 Å². The highest BCUT2D eigenvalue weighted by atomic mass is 19.1. The number of halogens is 2. The molecule has 0 aromatic heterocycles. The van der Waals surface area contributed by atoms with Crippen LogP contribution in [0.1, 0.15) is 12.8 Å². The lowest BCUT2D eigenvalue weighted by molar-refractivity contribution is -0.134. The molecule has 0 radical (unpaired) electrons. The molecule has 4 nitrogen and oxygen atoms in total. The fraction of sp³-hybridized carbons (Fsp3) is 0.500. The van der Waals surface area contributed by atoms with Gasteiger partial charge in [-0.25, -0.2) is 8.78 Å². The van der Waals surface area contributed by atoms with Gasteiger partial charge in [0.15, 0.2) is 18.2 Å². The Bertz CT molecular complexity index is 482. The number of piperidine rings is 1. The molecule has 20 heavy (non-hydrogen) atoms. The summed E-state index contributed by atoms with van der Waals surface area (Å²) in [4.78, 5) is 13.7. The standard InChI is InChI=1S/C14H18F2N2O2/c1-17-11-3-2-6-18(8-11)14(19)9-20-13-5-4-10(15)7-12(13)16/h4-5,7,11,17H,2-3,6,8-9H2,1H3. The molecule has 1 unspecified atom stereocenters. The third kappa shape index (κ3) is 3.66. The van der Waals surface area contributed by atoms with Gasteiger partial charge in [-0.3, -0.25) is 4.79 Å². The van der Waals surface area contributed by atoms with Crippen LogP contribution in [0.15, 0.2) is 18.2 Å². The van der Waals surface area contributed by atoms with Crippen molar-refractivity contribution in [2.24, 2.45) is 0 Å². The van der Waals surface area contributed by atoms with Gasteiger partial charge in [-0.2, -0.15) is 0 Å². The Balaban J connectivity index is 1.88. The second-order valence-electron chi connectivity index (χ2n) is 4.83. The number of benzene rings is 1. The number of hydrogen-bond donors (Lipinski definition) is 1. The second kappa shape index (κ2) is 6.65. The Labute approximate surface area is 116 Å². The zero-order chi connectivity index (χ0) is 14.5. The molecular weight excluding hydrogens is 266 g/mol. The summed E-state index contributed by atoms with van der Waals surface area (Å²) in [7, 11) is 1.86. The smallest absolute Gasteiger partial charge is 0.260 e. The van der Waals surface area contributed by atoms with Crippen LogP contribution in [0.3, 0.4) is 0 Å². The average molecular weight is 284 g/mol. The quantitative estimate of drug-likeness (QED) is 0.912. The summed E-state index contributed by atoms with van der Waals surface area (Å²) in [6.45, 7) is 1.08. The number of likely N-dealkylation sites (N-methyl/N-ethyl adjacent to an activating group) is 1. The highest BCUT2D eigenvalue weighted by Crippen LogP contribution is 2.18. The van der Waals surface area contributed by atoms with Crippen molar-refractivity contribution in [2.75, 3.05) is 26.7 Å². The zero-order valence-electron chi connectivity index (χ0n) is 11.4. The van der Waals surface area contributed by atoms with Crippen molar-refractivity contribution >= 4 is 5.91 Å². The summed E-state index contributed by atoms with van der Waals surface area (Å²) >= 11 is 0. The molecule has 1 fully saturated rings. The number of hydrogen-bond acceptors (Lipinski definition) is 3. The van der Waals surface area contributed by atoms with E-state index < -0.39 is 11.6 Å². The normalized spacial score (nSPS) is 18.9. The lowest BCUT2D eigenvalue weighted by Crippen LogP contribution is -2.48. The summed E-state index contributed by atoms with van der Waals surface area (Å²) in [5.41, 5.74) is 0. The van der Waals surface area contributed by atoms with Crippen molar-refractivity contribution in [2.45, 2.75) is 18.9 Å². The first kappa shape index (κ1) is 14.7. The molecule has 1 N–H and O–H groups in total. The third-order valence-corrected chi connectivity index (χ3v) is 3.43. The summed E-state index contributed by atoms with van der Waals surface area (Å²) in [5, 5.41) is 3.14. The number of likely N-dealkylation sites (tertiary alicyclic amines) is 1. The summed E-state index contributed by atoms with van der Waals surface area (Å²) in [6, 6.07) is 3.30. The third-order valence-electron chi connectivity index (χ3n) is 3.43. The van der Waals surface area contributed by atoms with Gasteiger partial charge in [0, 0.05) is 25.2 Å². The molecule has 0 spiro atoms. The largest absolute Gasteiger partial charge is 0.481 e. The molecule has 1 aliphatic heterocycles. The Morgan fingerprint density at radius 2 is 2.30 bits per heavy atom. The van der Waals surface area contributed by atoms with E-state index in [9.17, 15) is 13.6 Å². The first-order valence-corrected chi connectivity index (χ1v) is 6.63. The topological polar surface area (TPSA) is 41.6 Å². The maximum Gasteiger partial charge on any atom is 0.260 e. The highest BCUT2D eigenvalue weighted by Gasteiger charge is 2.23. The minimum absolute atomic E-state index is 0.109. The van der Waals surface area contributed by atoms with Gasteiger partial charge in [-0.05, 0) is 32.0 Å². The maximum absolute atomic E-state index is 13.4. The molecule has 1 aromatic carbocycles. The Morgan fingerprint density at radius 3 is 3.00 bits per heavy atom. The summed E-state index contributed by atoms with van der Waals surface area (Å²) < 4.78 is 31.2. The van der Waals surface area contributed by atoms with Crippen LogP contribution >= 0.6 is 0 Å². The number of amides is 1. The summed E-state index contributed by atoms with van der Waals surface area (Å²) in [5.74, 6) is -1.77. The van der Waals surface area contributed by atoms with Crippen molar-refractivity contribution in [1.82, 2.24) is 10.2 Å². The van der Waals surface area contributed by atoms with Gasteiger partial charge in [0.1, 0.15) is 5.82 Å². The number of carbonyl (C=O) groups excluding carboxylic acids is 1. The molecule has 110 valence electrons. The SMILES string of the molecule is CNC1CCCN(C(=O)COc2ccc(F)cc2F)C1. The maximum atomic E-state index is 13.4. The number of nitrogens with zero attached hydrogens (tertiary/aromatic N) is 1. The van der Waals surface area contributed by atoms with E-state index in [1.807, 2.05) is 7.05 Å². The number of carbonyl (C=O) groups is 1. The van der Waals surface area contributed by atoms with Gasteiger partial charge >= 0.3 is 0 Å². The van der Waals surface area contributed by atoms with Gasteiger partial charge in [0.25, 0.3) is 5.91 Å². The molecular formula is C14H18F2N2O2. The molecule has 0 bridgehead atoms. The minimum Gasteiger partial charge on any atom is -0.481 e. The molecule has 1 aliphatic rings. The van der Waals surface area contributed by atoms with Crippen molar-refractivity contribution in [3.05, 3.63) is 29.8 Å². The first-order valence-electron chi connectivity index (χ1n) is 6.63. The molecule has 1 saturated heterocycles. The Kier molecular flexibility index (Phi) is 4.89. The van der Waals surface area contributed by atoms with Gasteiger partial charge in [0.05, 0.1) is 0 Å². The molecule has 1 amide bonds. The van der Waals surface area contributed by atoms with E-state index in [4.69, 9.17) is 4.74 Å². The molecule has 1 atom stereocenters. The monoisotopic (exact) mass is 284 g/mol.